The van der Waals surface area contributed by atoms with E-state index in [0.29, 0.717) is 6.42 Å². The van der Waals surface area contributed by atoms with Crippen molar-refractivity contribution >= 4 is 17.5 Å². The van der Waals surface area contributed by atoms with Crippen LogP contribution in [0.5, 0.6) is 0 Å². The van der Waals surface area contributed by atoms with E-state index in [2.05, 4.69) is 23.8 Å². The zero-order valence-electron chi connectivity index (χ0n) is 17.4. The smallest absolute Gasteiger partial charge is 0.305 e. The van der Waals surface area contributed by atoms with Crippen LogP contribution in [0.2, 0.25) is 0 Å². The lowest BCUT2D eigenvalue weighted by Gasteiger charge is -2.15. The Morgan fingerprint density at radius 1 is 1.14 bits per heavy atom. The minimum atomic E-state index is -1.64. The van der Waals surface area contributed by atoms with Gasteiger partial charge in [-0.25, -0.2) is 0 Å². The Morgan fingerprint density at radius 3 is 2.57 bits per heavy atom. The third-order valence-corrected chi connectivity index (χ3v) is 5.14. The van der Waals surface area contributed by atoms with Gasteiger partial charge in [-0.15, -0.1) is 0 Å². The third kappa shape index (κ3) is 9.98. The predicted octanol–water partition coefficient (Wildman–Crippen LogP) is 4.68. The van der Waals surface area contributed by atoms with Crippen molar-refractivity contribution in [3.05, 3.63) is 24.3 Å². The molecule has 0 aromatic heterocycles. The third-order valence-electron chi connectivity index (χ3n) is 5.14. The van der Waals surface area contributed by atoms with Crippen LogP contribution in [-0.4, -0.2) is 28.9 Å². The summed E-state index contributed by atoms with van der Waals surface area (Å²) < 4.78 is 4.46. The number of aliphatic hydroxyl groups is 1. The van der Waals surface area contributed by atoms with Crippen LogP contribution < -0.4 is 0 Å². The fraction of sp³-hybridized carbons (Fsp3) is 0.696. The van der Waals surface area contributed by atoms with E-state index in [1.165, 1.54) is 25.7 Å². The number of unbranched alkanes of at least 4 members (excludes halogenated alkanes) is 7. The second kappa shape index (κ2) is 14.3. The molecule has 0 aromatic rings. The fourth-order valence-electron chi connectivity index (χ4n) is 3.49. The Bertz CT molecular complexity index is 549. The van der Waals surface area contributed by atoms with Crippen LogP contribution in [0.1, 0.15) is 84.5 Å². The molecule has 0 heterocycles. The molecule has 0 spiro atoms. The molecule has 0 saturated carbocycles. The summed E-state index contributed by atoms with van der Waals surface area (Å²) in [6.07, 6.45) is 17.0. The van der Waals surface area contributed by atoms with Crippen molar-refractivity contribution in [2.75, 3.05) is 0 Å². The number of carbonyl (C=O) groups excluding carboxylic acids is 3. The molecule has 0 bridgehead atoms. The van der Waals surface area contributed by atoms with Gasteiger partial charge in [0.25, 0.3) is 6.29 Å². The Kier molecular flexibility index (Phi) is 12.4. The van der Waals surface area contributed by atoms with Crippen molar-refractivity contribution < 1.29 is 24.2 Å². The SMILES string of the molecule is CCCCCCC=C[C@H]1C=CC(=O)[C@@H]1CCCCCCC(=O)C(O)OC(C)=O. The molecule has 5 nitrogen and oxygen atoms in total. The molecule has 0 radical (unpaired) electrons. The number of Topliss-reactive ketones (excluding diaryl/α,β-unsaturated/α-hetero) is 1. The molecule has 5 heteroatoms. The van der Waals surface area contributed by atoms with Crippen LogP contribution in [-0.2, 0) is 19.1 Å². The highest BCUT2D eigenvalue weighted by atomic mass is 16.6. The summed E-state index contributed by atoms with van der Waals surface area (Å²) in [5, 5.41) is 9.38. The highest BCUT2D eigenvalue weighted by molar-refractivity contribution is 5.94. The van der Waals surface area contributed by atoms with E-state index in [9.17, 15) is 19.5 Å². The number of aliphatic hydroxyl groups excluding tert-OH is 1. The summed E-state index contributed by atoms with van der Waals surface area (Å²) in [7, 11) is 0. The molecule has 0 saturated heterocycles. The van der Waals surface area contributed by atoms with E-state index < -0.39 is 18.0 Å². The van der Waals surface area contributed by atoms with Gasteiger partial charge in [-0.2, -0.15) is 0 Å². The lowest BCUT2D eigenvalue weighted by molar-refractivity contribution is -0.173. The summed E-state index contributed by atoms with van der Waals surface area (Å²) in [5.74, 6) is -0.631. The van der Waals surface area contributed by atoms with Gasteiger partial charge in [-0.3, -0.25) is 14.4 Å². The molecule has 1 rings (SSSR count). The first-order chi connectivity index (χ1) is 13.5. The number of carbonyl (C=O) groups is 3. The number of ether oxygens (including phenoxy) is 1. The van der Waals surface area contributed by atoms with E-state index in [1.807, 2.05) is 6.08 Å². The van der Waals surface area contributed by atoms with Crippen molar-refractivity contribution in [3.8, 4) is 0 Å². The van der Waals surface area contributed by atoms with Crippen LogP contribution in [0.15, 0.2) is 24.3 Å². The van der Waals surface area contributed by atoms with Gasteiger partial charge in [0, 0.05) is 25.2 Å². The van der Waals surface area contributed by atoms with Gasteiger partial charge < -0.3 is 9.84 Å². The Hall–Kier alpha value is -1.75. The minimum absolute atomic E-state index is 0.0549. The first-order valence-electron chi connectivity index (χ1n) is 10.7. The quantitative estimate of drug-likeness (QED) is 0.189. The lowest BCUT2D eigenvalue weighted by atomic mass is 9.88. The molecule has 158 valence electrons. The molecule has 28 heavy (non-hydrogen) atoms. The fourth-order valence-corrected chi connectivity index (χ4v) is 3.49. The van der Waals surface area contributed by atoms with Crippen molar-refractivity contribution in [1.82, 2.24) is 0 Å². The normalized spacial score (nSPS) is 20.0. The van der Waals surface area contributed by atoms with Gasteiger partial charge in [0.05, 0.1) is 0 Å². The van der Waals surface area contributed by atoms with E-state index in [0.717, 1.165) is 39.0 Å². The number of esters is 1. The van der Waals surface area contributed by atoms with Gasteiger partial charge in [-0.05, 0) is 31.8 Å². The highest BCUT2D eigenvalue weighted by Gasteiger charge is 2.27. The molecule has 1 aliphatic rings. The van der Waals surface area contributed by atoms with Gasteiger partial charge >= 0.3 is 5.97 Å². The van der Waals surface area contributed by atoms with Crippen LogP contribution >= 0.6 is 0 Å². The number of hydrogen-bond donors (Lipinski definition) is 1. The first kappa shape index (κ1) is 24.3. The zero-order chi connectivity index (χ0) is 20.8. The van der Waals surface area contributed by atoms with Crippen LogP contribution in [0.3, 0.4) is 0 Å². The standard InChI is InChI=1S/C23H36O5/c1-3-4-5-6-7-10-13-19-16-17-21(25)20(19)14-11-8-9-12-15-22(26)23(27)28-18(2)24/h10,13,16-17,19-20,23,27H,3-9,11-12,14-15H2,1-2H3/t19-,20+,23?/m0/s1. The maximum Gasteiger partial charge on any atom is 0.305 e. The van der Waals surface area contributed by atoms with E-state index >= 15 is 0 Å². The number of rotatable bonds is 15. The molecule has 0 aromatic carbocycles. The van der Waals surface area contributed by atoms with E-state index in [4.69, 9.17) is 0 Å². The average Bonchev–Trinajstić information content (AvgIpc) is 3.00. The monoisotopic (exact) mass is 392 g/mol. The predicted molar refractivity (Wildman–Crippen MR) is 110 cm³/mol. The van der Waals surface area contributed by atoms with Crippen LogP contribution in [0, 0.1) is 11.8 Å². The molecule has 1 aliphatic carbocycles. The van der Waals surface area contributed by atoms with Crippen molar-refractivity contribution in [3.63, 3.8) is 0 Å². The van der Waals surface area contributed by atoms with Crippen molar-refractivity contribution in [2.45, 2.75) is 90.8 Å². The summed E-state index contributed by atoms with van der Waals surface area (Å²) in [6, 6.07) is 0. The maximum absolute atomic E-state index is 12.1. The molecule has 1 N–H and O–H groups in total. The molecule has 0 amide bonds. The minimum Gasteiger partial charge on any atom is -0.428 e. The topological polar surface area (TPSA) is 80.7 Å². The van der Waals surface area contributed by atoms with Crippen LogP contribution in [0.4, 0.5) is 0 Å². The largest absolute Gasteiger partial charge is 0.428 e. The molecular formula is C23H36O5. The molecule has 3 atom stereocenters. The second-order valence-electron chi connectivity index (χ2n) is 7.60. The maximum atomic E-state index is 12.1. The second-order valence-corrected chi connectivity index (χ2v) is 7.60. The van der Waals surface area contributed by atoms with Gasteiger partial charge in [0.15, 0.2) is 5.78 Å². The van der Waals surface area contributed by atoms with Gasteiger partial charge in [-0.1, -0.05) is 63.7 Å². The molecule has 1 unspecified atom stereocenters. The number of hydrogen-bond acceptors (Lipinski definition) is 5. The van der Waals surface area contributed by atoms with Crippen molar-refractivity contribution in [1.29, 1.82) is 0 Å². The Balaban J connectivity index is 2.19. The van der Waals surface area contributed by atoms with Crippen LogP contribution in [0.25, 0.3) is 0 Å². The average molecular weight is 393 g/mol. The highest BCUT2D eigenvalue weighted by Crippen LogP contribution is 2.29. The summed E-state index contributed by atoms with van der Waals surface area (Å²) in [4.78, 5) is 34.4. The summed E-state index contributed by atoms with van der Waals surface area (Å²) in [5.41, 5.74) is 0. The van der Waals surface area contributed by atoms with E-state index in [-0.39, 0.29) is 24.0 Å². The molecule has 0 fully saturated rings. The van der Waals surface area contributed by atoms with Crippen molar-refractivity contribution in [2.24, 2.45) is 11.8 Å². The number of allylic oxidation sites excluding steroid dienone is 4. The summed E-state index contributed by atoms with van der Waals surface area (Å²) >= 11 is 0. The first-order valence-corrected chi connectivity index (χ1v) is 10.7. The molecular weight excluding hydrogens is 356 g/mol. The van der Waals surface area contributed by atoms with E-state index in [1.54, 1.807) is 6.08 Å². The van der Waals surface area contributed by atoms with Gasteiger partial charge in [0.2, 0.25) is 5.78 Å². The zero-order valence-corrected chi connectivity index (χ0v) is 17.4. The Morgan fingerprint density at radius 2 is 1.86 bits per heavy atom. The summed E-state index contributed by atoms with van der Waals surface area (Å²) in [6.45, 7) is 3.37. The number of ketones is 2. The lowest BCUT2D eigenvalue weighted by Crippen LogP contribution is -2.25. The Labute approximate surface area is 169 Å². The van der Waals surface area contributed by atoms with Gasteiger partial charge in [0.1, 0.15) is 0 Å². The molecule has 0 aliphatic heterocycles.